The SMILES string of the molecule is CCOC(=O)C1=C(c2ccc3c(c2)OCO3)Nc2cc(OC)ccc2C1Cl. The highest BCUT2D eigenvalue weighted by Crippen LogP contribution is 2.45. The third kappa shape index (κ3) is 3.06. The van der Waals surface area contributed by atoms with Crippen LogP contribution in [-0.2, 0) is 9.53 Å². The van der Waals surface area contributed by atoms with E-state index < -0.39 is 11.3 Å². The Morgan fingerprint density at radius 1 is 1.22 bits per heavy atom. The average molecular weight is 388 g/mol. The molecular formula is C20H18ClNO5. The van der Waals surface area contributed by atoms with Crippen LogP contribution < -0.4 is 19.5 Å². The Balaban J connectivity index is 1.85. The Labute approximate surface area is 161 Å². The van der Waals surface area contributed by atoms with E-state index in [0.717, 1.165) is 16.8 Å². The highest BCUT2D eigenvalue weighted by molar-refractivity contribution is 6.28. The predicted octanol–water partition coefficient (Wildman–Crippen LogP) is 4.10. The summed E-state index contributed by atoms with van der Waals surface area (Å²) in [5.41, 5.74) is 3.24. The van der Waals surface area contributed by atoms with E-state index in [9.17, 15) is 4.79 Å². The molecule has 1 N–H and O–H groups in total. The van der Waals surface area contributed by atoms with Gasteiger partial charge >= 0.3 is 5.97 Å². The van der Waals surface area contributed by atoms with E-state index in [1.54, 1.807) is 20.1 Å². The lowest BCUT2D eigenvalue weighted by Gasteiger charge is -2.28. The van der Waals surface area contributed by atoms with Gasteiger partial charge in [0.25, 0.3) is 0 Å². The summed E-state index contributed by atoms with van der Waals surface area (Å²) in [6, 6.07) is 11.0. The van der Waals surface area contributed by atoms with Crippen molar-refractivity contribution in [2.45, 2.75) is 12.3 Å². The fraction of sp³-hybridized carbons (Fsp3) is 0.250. The summed E-state index contributed by atoms with van der Waals surface area (Å²) < 4.78 is 21.4. The van der Waals surface area contributed by atoms with Gasteiger partial charge in [0.2, 0.25) is 6.79 Å². The Kier molecular flexibility index (Phi) is 4.58. The quantitative estimate of drug-likeness (QED) is 0.629. The van der Waals surface area contributed by atoms with Crippen molar-refractivity contribution in [2.75, 3.05) is 25.8 Å². The Hall–Kier alpha value is -2.86. The van der Waals surface area contributed by atoms with Gasteiger partial charge in [-0.05, 0) is 36.8 Å². The summed E-state index contributed by atoms with van der Waals surface area (Å²) in [4.78, 5) is 12.7. The summed E-state index contributed by atoms with van der Waals surface area (Å²) >= 11 is 6.71. The van der Waals surface area contributed by atoms with E-state index in [2.05, 4.69) is 5.32 Å². The van der Waals surface area contributed by atoms with Crippen molar-refractivity contribution in [2.24, 2.45) is 0 Å². The molecule has 0 radical (unpaired) electrons. The monoisotopic (exact) mass is 387 g/mol. The fourth-order valence-electron chi connectivity index (χ4n) is 3.17. The van der Waals surface area contributed by atoms with Crippen LogP contribution in [0.15, 0.2) is 42.0 Å². The molecule has 0 amide bonds. The van der Waals surface area contributed by atoms with Crippen molar-refractivity contribution in [1.82, 2.24) is 0 Å². The Bertz CT molecular complexity index is 940. The number of hydrogen-bond acceptors (Lipinski definition) is 6. The highest BCUT2D eigenvalue weighted by atomic mass is 35.5. The topological polar surface area (TPSA) is 66.0 Å². The first-order valence-electron chi connectivity index (χ1n) is 8.52. The minimum absolute atomic E-state index is 0.175. The number of halogens is 1. The van der Waals surface area contributed by atoms with E-state index in [-0.39, 0.29) is 13.4 Å². The van der Waals surface area contributed by atoms with Gasteiger partial charge in [-0.25, -0.2) is 4.79 Å². The van der Waals surface area contributed by atoms with Crippen molar-refractivity contribution in [1.29, 1.82) is 0 Å². The molecule has 6 nitrogen and oxygen atoms in total. The number of ether oxygens (including phenoxy) is 4. The molecule has 4 rings (SSSR count). The normalized spacial score (nSPS) is 17.2. The van der Waals surface area contributed by atoms with E-state index in [0.29, 0.717) is 28.5 Å². The second kappa shape index (κ2) is 7.04. The molecule has 1 unspecified atom stereocenters. The summed E-state index contributed by atoms with van der Waals surface area (Å²) in [6.45, 7) is 2.20. The average Bonchev–Trinajstić information content (AvgIpc) is 3.15. The molecule has 2 aliphatic heterocycles. The van der Waals surface area contributed by atoms with Gasteiger partial charge in [0, 0.05) is 17.3 Å². The number of methoxy groups -OCH3 is 1. The maximum atomic E-state index is 12.7. The molecule has 0 fully saturated rings. The minimum Gasteiger partial charge on any atom is -0.497 e. The highest BCUT2D eigenvalue weighted by Gasteiger charge is 2.33. The number of nitrogens with one attached hydrogen (secondary N) is 1. The zero-order chi connectivity index (χ0) is 19.0. The van der Waals surface area contributed by atoms with Gasteiger partial charge in [-0.2, -0.15) is 0 Å². The molecule has 0 saturated carbocycles. The molecule has 0 saturated heterocycles. The number of hydrogen-bond donors (Lipinski definition) is 1. The number of carbonyl (C=O) groups is 1. The third-order valence-electron chi connectivity index (χ3n) is 4.47. The zero-order valence-electron chi connectivity index (χ0n) is 14.9. The predicted molar refractivity (Wildman–Crippen MR) is 101 cm³/mol. The lowest BCUT2D eigenvalue weighted by Crippen LogP contribution is -2.21. The van der Waals surface area contributed by atoms with Crippen molar-refractivity contribution in [3.8, 4) is 17.2 Å². The van der Waals surface area contributed by atoms with Gasteiger partial charge in [0.05, 0.1) is 30.4 Å². The van der Waals surface area contributed by atoms with Crippen LogP contribution in [0.3, 0.4) is 0 Å². The van der Waals surface area contributed by atoms with Gasteiger partial charge in [-0.1, -0.05) is 6.07 Å². The van der Waals surface area contributed by atoms with Crippen molar-refractivity contribution in [3.63, 3.8) is 0 Å². The number of esters is 1. The van der Waals surface area contributed by atoms with Crippen LogP contribution in [0.2, 0.25) is 0 Å². The largest absolute Gasteiger partial charge is 0.497 e. The second-order valence-corrected chi connectivity index (χ2v) is 6.45. The molecule has 2 heterocycles. The number of carbonyl (C=O) groups excluding carboxylic acids is 1. The van der Waals surface area contributed by atoms with Gasteiger partial charge in [-0.15, -0.1) is 11.6 Å². The van der Waals surface area contributed by atoms with Crippen LogP contribution in [0.4, 0.5) is 5.69 Å². The van der Waals surface area contributed by atoms with Crippen LogP contribution in [-0.4, -0.2) is 26.5 Å². The number of alkyl halides is 1. The summed E-state index contributed by atoms with van der Waals surface area (Å²) in [5.74, 6) is 1.51. The maximum absolute atomic E-state index is 12.7. The zero-order valence-corrected chi connectivity index (χ0v) is 15.6. The molecule has 1 atom stereocenters. The molecule has 0 aromatic heterocycles. The molecule has 0 bridgehead atoms. The van der Waals surface area contributed by atoms with Crippen LogP contribution in [0.5, 0.6) is 17.2 Å². The Morgan fingerprint density at radius 3 is 2.81 bits per heavy atom. The van der Waals surface area contributed by atoms with Gasteiger partial charge < -0.3 is 24.3 Å². The lowest BCUT2D eigenvalue weighted by atomic mass is 9.93. The summed E-state index contributed by atoms with van der Waals surface area (Å²) in [5, 5.41) is 2.66. The lowest BCUT2D eigenvalue weighted by molar-refractivity contribution is -0.138. The van der Waals surface area contributed by atoms with Crippen LogP contribution in [0.1, 0.15) is 23.4 Å². The summed E-state index contributed by atoms with van der Waals surface area (Å²) in [6.07, 6.45) is 0. The number of benzene rings is 2. The molecule has 2 aliphatic rings. The first kappa shape index (κ1) is 17.5. The first-order chi connectivity index (χ1) is 13.1. The molecular weight excluding hydrogens is 370 g/mol. The van der Waals surface area contributed by atoms with Crippen molar-refractivity contribution >= 4 is 29.0 Å². The molecule has 2 aromatic carbocycles. The second-order valence-electron chi connectivity index (χ2n) is 6.02. The molecule has 27 heavy (non-hydrogen) atoms. The Morgan fingerprint density at radius 2 is 2.04 bits per heavy atom. The molecule has 0 aliphatic carbocycles. The van der Waals surface area contributed by atoms with E-state index in [1.165, 1.54) is 0 Å². The van der Waals surface area contributed by atoms with Gasteiger partial charge in [0.15, 0.2) is 11.5 Å². The summed E-state index contributed by atoms with van der Waals surface area (Å²) in [7, 11) is 1.60. The van der Waals surface area contributed by atoms with E-state index >= 15 is 0 Å². The molecule has 0 spiro atoms. The van der Waals surface area contributed by atoms with E-state index in [1.807, 2.05) is 30.3 Å². The maximum Gasteiger partial charge on any atom is 0.338 e. The van der Waals surface area contributed by atoms with Crippen LogP contribution in [0.25, 0.3) is 5.70 Å². The number of rotatable bonds is 4. The first-order valence-corrected chi connectivity index (χ1v) is 8.96. The third-order valence-corrected chi connectivity index (χ3v) is 4.93. The van der Waals surface area contributed by atoms with Crippen LogP contribution >= 0.6 is 11.6 Å². The van der Waals surface area contributed by atoms with Gasteiger partial charge in [0.1, 0.15) is 5.75 Å². The fourth-order valence-corrected chi connectivity index (χ4v) is 3.56. The smallest absolute Gasteiger partial charge is 0.338 e. The molecule has 140 valence electrons. The number of fused-ring (bicyclic) bond motifs is 2. The van der Waals surface area contributed by atoms with E-state index in [4.69, 9.17) is 30.5 Å². The molecule has 2 aromatic rings. The van der Waals surface area contributed by atoms with Gasteiger partial charge in [-0.3, -0.25) is 0 Å². The standard InChI is InChI=1S/C20H18ClNO5/c1-3-25-20(23)17-18(21)13-6-5-12(24-2)9-14(13)22-19(17)11-4-7-15-16(8-11)27-10-26-15/h4-9,18,22H,3,10H2,1-2H3. The minimum atomic E-state index is -0.661. The van der Waals surface area contributed by atoms with Crippen LogP contribution in [0, 0.1) is 0 Å². The van der Waals surface area contributed by atoms with Crippen molar-refractivity contribution in [3.05, 3.63) is 53.1 Å². The number of anilines is 1. The van der Waals surface area contributed by atoms with Crippen molar-refractivity contribution < 1.29 is 23.7 Å². The molecule has 7 heteroatoms.